The van der Waals surface area contributed by atoms with Crippen LogP contribution in [0.1, 0.15) is 0 Å². The molecule has 0 radical (unpaired) electrons. The second-order valence-electron chi connectivity index (χ2n) is 37.9. The van der Waals surface area contributed by atoms with Crippen LogP contribution in [0.25, 0.3) is 143 Å². The van der Waals surface area contributed by atoms with Gasteiger partial charge in [0.15, 0.2) is 21.4 Å². The fourth-order valence-corrected chi connectivity index (χ4v) is 32.3. The summed E-state index contributed by atoms with van der Waals surface area (Å²) in [5.74, 6) is 0. The summed E-state index contributed by atoms with van der Waals surface area (Å²) in [6.07, 6.45) is 0. The molecule has 3 aliphatic heterocycles. The van der Waals surface area contributed by atoms with Crippen LogP contribution >= 0.6 is 21.4 Å². The fourth-order valence-electron chi connectivity index (χ4n) is 23.1. The lowest BCUT2D eigenvalue weighted by molar-refractivity contribution is 0.591. The first kappa shape index (κ1) is 88.0. The zero-order chi connectivity index (χ0) is 97.8. The van der Waals surface area contributed by atoms with E-state index in [0.717, 1.165) is 166 Å². The molecule has 2 aromatic heterocycles. The zero-order valence-corrected chi connectivity index (χ0v) is 82.6. The number of aromatic nitrogens is 2. The monoisotopic (exact) mass is 1940 g/mol. The molecule has 5 heterocycles. The summed E-state index contributed by atoms with van der Waals surface area (Å²) in [4.78, 5) is 6.81. The standard InChI is InChI=1S/C48H32NOP.C46H31N2OP.C42H29N2OP/c50-51(38-18-5-2-6-19-38)47-25-12-11-24-45(47)49(37-16-3-1-4-17-37)46-32-36(27-29-48(46)51)34-15-13-14-33(30-34)35-26-28-43-41-22-8-7-20-39(41)40-21-9-10-23-42(40)44(43)31-35;49-50(44-25-13-15-32-14-7-8-20-37(32)44)45-24-12-11-23-42(45)48(36-18-5-2-6-19-36)43-29-27-34(31-46(43)50)33-26-28-41-39(30-33)38-21-9-10-22-40(38)47(41)35-16-3-1-4-17-35;45-46(34-18-5-2-6-19-34)41-25-12-11-24-39(41)43(32-15-3-1-4-16-32)40-29-31(26-27-42(40)46)30-14-13-17-33(28-30)44-37-22-9-7-20-35(37)36-21-8-10-23-38(36)44/h1-32H;1-31H;1-29H. The average Bonchev–Trinajstić information content (AvgIpc) is 1.43. The van der Waals surface area contributed by atoms with Gasteiger partial charge in [0.05, 0.1) is 56.2 Å². The fraction of sp³-hybridized carbons (Fsp3) is 0. The third-order valence-corrected chi connectivity index (χ3v) is 39.2. The highest BCUT2D eigenvalue weighted by Crippen LogP contribution is 2.60. The van der Waals surface area contributed by atoms with Gasteiger partial charge < -0.3 is 37.5 Å². The van der Waals surface area contributed by atoms with E-state index in [1.54, 1.807) is 0 Å². The Morgan fingerprint density at radius 1 is 0.136 bits per heavy atom. The predicted molar refractivity (Wildman–Crippen MR) is 623 cm³/mol. The van der Waals surface area contributed by atoms with E-state index in [9.17, 15) is 0 Å². The SMILES string of the molecule is O=P1(c2cccc3ccccc23)c2ccccc2N(c2ccccc2)c2ccc(-c3ccc4c(c3)c3ccccc3n4-c3ccccc3)cc21.O=P1(c2ccccc2)c2ccccc2N(c2ccccc2)c2cc(-c3cccc(-c4ccc5c6ccccc6c6ccccc6c5c4)c3)ccc21.O=P1(c2ccccc2)c2ccccc2N(c2ccccc2)c2cc(-c3cccc(-n4c5ccccc5c5ccccc54)c3)ccc21. The van der Waals surface area contributed by atoms with E-state index in [-0.39, 0.29) is 0 Å². The molecule has 694 valence electrons. The van der Waals surface area contributed by atoms with Gasteiger partial charge in [-0.2, -0.15) is 0 Å². The van der Waals surface area contributed by atoms with E-state index >= 15 is 13.7 Å². The largest absolute Gasteiger partial charge is 0.309 e. The Balaban J connectivity index is 0.000000109. The molecule has 29 rings (SSSR count). The molecule has 0 spiro atoms. The van der Waals surface area contributed by atoms with Crippen molar-refractivity contribution in [2.24, 2.45) is 0 Å². The number of hydrogen-bond donors (Lipinski definition) is 0. The molecule has 0 amide bonds. The first-order valence-electron chi connectivity index (χ1n) is 49.9. The molecular formula is C136H92N5O3P3. The van der Waals surface area contributed by atoms with Crippen LogP contribution in [-0.4, -0.2) is 9.13 Å². The summed E-state index contributed by atoms with van der Waals surface area (Å²) < 4.78 is 52.2. The molecule has 147 heavy (non-hydrogen) atoms. The molecule has 26 aromatic rings. The predicted octanol–water partition coefficient (Wildman–Crippen LogP) is 32.8. The first-order chi connectivity index (χ1) is 72.6. The van der Waals surface area contributed by atoms with Crippen molar-refractivity contribution in [2.45, 2.75) is 0 Å². The van der Waals surface area contributed by atoms with Gasteiger partial charge in [0.1, 0.15) is 0 Å². The van der Waals surface area contributed by atoms with Crippen molar-refractivity contribution in [3.05, 3.63) is 558 Å². The van der Waals surface area contributed by atoms with Gasteiger partial charge in [-0.1, -0.05) is 382 Å². The molecule has 0 saturated heterocycles. The van der Waals surface area contributed by atoms with Crippen LogP contribution in [-0.2, 0) is 13.7 Å². The maximum atomic E-state index is 16.4. The smallest absolute Gasteiger partial charge is 0.175 e. The van der Waals surface area contributed by atoms with Crippen molar-refractivity contribution in [3.8, 4) is 55.9 Å². The van der Waals surface area contributed by atoms with E-state index in [2.05, 4.69) is 436 Å². The summed E-state index contributed by atoms with van der Waals surface area (Å²) in [6, 6.07) is 195. The van der Waals surface area contributed by atoms with Gasteiger partial charge in [-0.3, -0.25) is 0 Å². The summed E-state index contributed by atoms with van der Waals surface area (Å²) in [6.45, 7) is 0. The molecule has 0 fully saturated rings. The van der Waals surface area contributed by atoms with Crippen molar-refractivity contribution in [1.29, 1.82) is 0 Å². The van der Waals surface area contributed by atoms with Crippen LogP contribution in [0.3, 0.4) is 0 Å². The zero-order valence-electron chi connectivity index (χ0n) is 79.9. The maximum Gasteiger partial charge on any atom is 0.175 e. The summed E-state index contributed by atoms with van der Waals surface area (Å²) >= 11 is 0. The van der Waals surface area contributed by atoms with Crippen LogP contribution in [0.15, 0.2) is 558 Å². The summed E-state index contributed by atoms with van der Waals surface area (Å²) in [7, 11) is -9.71. The summed E-state index contributed by atoms with van der Waals surface area (Å²) in [5.41, 5.74) is 24.5. The molecule has 0 bridgehead atoms. The second-order valence-corrected chi connectivity index (χ2v) is 45.9. The summed E-state index contributed by atoms with van der Waals surface area (Å²) in [5, 5.41) is 22.3. The van der Waals surface area contributed by atoms with E-state index in [0.29, 0.717) is 0 Å². The van der Waals surface area contributed by atoms with Crippen molar-refractivity contribution in [1.82, 2.24) is 9.13 Å². The van der Waals surface area contributed by atoms with E-state index in [1.807, 2.05) is 146 Å². The number of nitrogens with zero attached hydrogens (tertiary/aromatic N) is 5. The molecule has 0 N–H and O–H groups in total. The Morgan fingerprint density at radius 3 is 0.918 bits per heavy atom. The number of hydrogen-bond acceptors (Lipinski definition) is 6. The molecular weight excluding hydrogens is 1840 g/mol. The highest BCUT2D eigenvalue weighted by molar-refractivity contribution is 7.87. The molecule has 0 aliphatic carbocycles. The van der Waals surface area contributed by atoms with Gasteiger partial charge in [0.2, 0.25) is 0 Å². The lowest BCUT2D eigenvalue weighted by Gasteiger charge is -2.38. The van der Waals surface area contributed by atoms with E-state index in [4.69, 9.17) is 0 Å². The Hall–Kier alpha value is -18.0. The molecule has 3 aliphatic rings. The Labute approximate surface area is 852 Å². The first-order valence-corrected chi connectivity index (χ1v) is 55.0. The molecule has 11 heteroatoms. The molecule has 8 nitrogen and oxygen atoms in total. The van der Waals surface area contributed by atoms with Gasteiger partial charge in [-0.05, 0) is 264 Å². The maximum absolute atomic E-state index is 16.4. The van der Waals surface area contributed by atoms with Crippen molar-refractivity contribution >= 4 is 207 Å². The van der Waals surface area contributed by atoms with Crippen LogP contribution in [0.4, 0.5) is 51.2 Å². The second kappa shape index (κ2) is 36.1. The minimum absolute atomic E-state index is 0.845. The van der Waals surface area contributed by atoms with Gasteiger partial charge in [0, 0.05) is 97.7 Å². The third-order valence-electron chi connectivity index (χ3n) is 29.8. The number of rotatable bonds is 12. The number of fused-ring (bicyclic) bond motifs is 19. The normalized spacial score (nSPS) is 15.3. The van der Waals surface area contributed by atoms with Crippen LogP contribution in [0.2, 0.25) is 0 Å². The van der Waals surface area contributed by atoms with E-state index in [1.165, 1.54) is 76.0 Å². The lowest BCUT2D eigenvalue weighted by Crippen LogP contribution is -2.36. The van der Waals surface area contributed by atoms with Crippen LogP contribution in [0.5, 0.6) is 0 Å². The van der Waals surface area contributed by atoms with Gasteiger partial charge in [-0.25, -0.2) is 0 Å². The van der Waals surface area contributed by atoms with Crippen LogP contribution in [0, 0.1) is 0 Å². The molecule has 3 atom stereocenters. The Kier molecular flexibility index (Phi) is 21.6. The molecule has 3 unspecified atom stereocenters. The van der Waals surface area contributed by atoms with Gasteiger partial charge in [0.25, 0.3) is 0 Å². The van der Waals surface area contributed by atoms with E-state index < -0.39 is 21.4 Å². The highest BCUT2D eigenvalue weighted by Gasteiger charge is 2.46. The molecule has 0 saturated carbocycles. The van der Waals surface area contributed by atoms with Crippen molar-refractivity contribution < 1.29 is 13.7 Å². The number of para-hydroxylation sites is 10. The lowest BCUT2D eigenvalue weighted by atomic mass is 9.91. The highest BCUT2D eigenvalue weighted by atomic mass is 31.2. The quantitative estimate of drug-likeness (QED) is 0.0897. The van der Waals surface area contributed by atoms with Crippen molar-refractivity contribution in [2.75, 3.05) is 14.7 Å². The van der Waals surface area contributed by atoms with Gasteiger partial charge in [-0.15, -0.1) is 0 Å². The Bertz CT molecular complexity index is 9810. The topological polar surface area (TPSA) is 70.8 Å². The van der Waals surface area contributed by atoms with Gasteiger partial charge >= 0.3 is 0 Å². The number of anilines is 9. The third kappa shape index (κ3) is 14.5. The van der Waals surface area contributed by atoms with Crippen LogP contribution < -0.4 is 62.4 Å². The molecule has 24 aromatic carbocycles. The van der Waals surface area contributed by atoms with Crippen molar-refractivity contribution in [3.63, 3.8) is 0 Å². The number of benzene rings is 24. The minimum Gasteiger partial charge on any atom is -0.309 e. The average molecular weight is 1940 g/mol. The Morgan fingerprint density at radius 2 is 0.422 bits per heavy atom. The minimum atomic E-state index is -3.37.